The van der Waals surface area contributed by atoms with Crippen molar-refractivity contribution in [2.45, 2.75) is 6.92 Å². The Bertz CT molecular complexity index is 1470. The number of carbonyl (C=O) groups excluding carboxylic acids is 1. The summed E-state index contributed by atoms with van der Waals surface area (Å²) in [4.78, 5) is 20.1. The van der Waals surface area contributed by atoms with E-state index in [0.29, 0.717) is 16.8 Å². The van der Waals surface area contributed by atoms with Gasteiger partial charge in [0.05, 0.1) is 23.4 Å². The van der Waals surface area contributed by atoms with Crippen LogP contribution >= 0.6 is 0 Å². The van der Waals surface area contributed by atoms with Crippen molar-refractivity contribution < 1.29 is 9.18 Å². The molecule has 0 atom stereocenters. The molecule has 0 unspecified atom stereocenters. The first kappa shape index (κ1) is 19.6. The lowest BCUT2D eigenvalue weighted by Gasteiger charge is -2.12. The zero-order valence-corrected chi connectivity index (χ0v) is 17.5. The molecular formula is C24H19FN6O. The van der Waals surface area contributed by atoms with E-state index < -0.39 is 5.82 Å². The minimum atomic E-state index is -0.435. The molecule has 0 fully saturated rings. The molecule has 0 spiro atoms. The Balaban J connectivity index is 1.64. The molecule has 0 aliphatic heterocycles. The van der Waals surface area contributed by atoms with E-state index in [2.05, 4.69) is 20.4 Å². The van der Waals surface area contributed by atoms with E-state index >= 15 is 0 Å². The van der Waals surface area contributed by atoms with Crippen molar-refractivity contribution in [1.29, 1.82) is 0 Å². The molecule has 7 nitrogen and oxygen atoms in total. The third-order valence-electron chi connectivity index (χ3n) is 5.19. The van der Waals surface area contributed by atoms with E-state index in [9.17, 15) is 9.18 Å². The fourth-order valence-corrected chi connectivity index (χ4v) is 3.76. The molecule has 0 saturated carbocycles. The lowest BCUT2D eigenvalue weighted by molar-refractivity contribution is -0.114. The number of fused-ring (bicyclic) bond motifs is 1. The van der Waals surface area contributed by atoms with E-state index in [1.165, 1.54) is 19.3 Å². The summed E-state index contributed by atoms with van der Waals surface area (Å²) in [6.07, 6.45) is 8.19. The Hall–Kier alpha value is -4.33. The number of pyridine rings is 1. The third kappa shape index (κ3) is 3.62. The van der Waals surface area contributed by atoms with Gasteiger partial charge in [-0.1, -0.05) is 6.07 Å². The topological polar surface area (TPSA) is 77.6 Å². The standard InChI is InChI=1S/C24H19FN6O/c1-15(32)29-19-7-17(21-5-6-26-12-22(21)25)8-20(10-19)31-14-27-23-9-16(3-4-24(23)31)18-11-28-30(2)13-18/h3-14H,1-2H3,(H,29,32). The third-order valence-corrected chi connectivity index (χ3v) is 5.19. The molecule has 0 saturated heterocycles. The number of benzene rings is 2. The average Bonchev–Trinajstić information content (AvgIpc) is 3.39. The quantitative estimate of drug-likeness (QED) is 0.456. The molecule has 32 heavy (non-hydrogen) atoms. The number of nitrogens with zero attached hydrogens (tertiary/aromatic N) is 5. The molecule has 3 heterocycles. The normalized spacial score (nSPS) is 11.1. The van der Waals surface area contributed by atoms with Crippen LogP contribution in [-0.2, 0) is 11.8 Å². The van der Waals surface area contributed by atoms with Crippen LogP contribution in [0.3, 0.4) is 0 Å². The molecule has 5 aromatic rings. The average molecular weight is 426 g/mol. The van der Waals surface area contributed by atoms with Crippen molar-refractivity contribution in [3.8, 4) is 27.9 Å². The van der Waals surface area contributed by atoms with Gasteiger partial charge < -0.3 is 5.32 Å². The summed E-state index contributed by atoms with van der Waals surface area (Å²) < 4.78 is 18.1. The van der Waals surface area contributed by atoms with Crippen molar-refractivity contribution in [3.63, 3.8) is 0 Å². The Labute approximate surface area is 183 Å². The molecule has 0 aliphatic carbocycles. The number of rotatable bonds is 4. The number of anilines is 1. The minimum Gasteiger partial charge on any atom is -0.326 e. The second-order valence-electron chi connectivity index (χ2n) is 7.53. The number of nitrogens with one attached hydrogen (secondary N) is 1. The fraction of sp³-hybridized carbons (Fsp3) is 0.0833. The Morgan fingerprint density at radius 3 is 2.66 bits per heavy atom. The Morgan fingerprint density at radius 2 is 1.91 bits per heavy atom. The maximum Gasteiger partial charge on any atom is 0.221 e. The van der Waals surface area contributed by atoms with Crippen LogP contribution in [0.5, 0.6) is 0 Å². The Kier molecular flexibility index (Phi) is 4.74. The van der Waals surface area contributed by atoms with Crippen LogP contribution in [-0.4, -0.2) is 30.2 Å². The molecule has 5 rings (SSSR count). The summed E-state index contributed by atoms with van der Waals surface area (Å²) in [6.45, 7) is 1.44. The van der Waals surface area contributed by atoms with Crippen LogP contribution in [0.25, 0.3) is 39.0 Å². The SMILES string of the molecule is CC(=O)Nc1cc(-c2ccncc2F)cc(-n2cnc3cc(-c4cnn(C)c4)ccc32)c1. The number of amides is 1. The van der Waals surface area contributed by atoms with Crippen LogP contribution in [0.1, 0.15) is 6.92 Å². The van der Waals surface area contributed by atoms with Gasteiger partial charge in [0.1, 0.15) is 12.1 Å². The Morgan fingerprint density at radius 1 is 1.03 bits per heavy atom. The molecule has 0 radical (unpaired) electrons. The van der Waals surface area contributed by atoms with Gasteiger partial charge in [-0.3, -0.25) is 19.0 Å². The van der Waals surface area contributed by atoms with Crippen molar-refractivity contribution in [2.75, 3.05) is 5.32 Å². The van der Waals surface area contributed by atoms with E-state index in [-0.39, 0.29) is 5.91 Å². The van der Waals surface area contributed by atoms with Gasteiger partial charge in [-0.15, -0.1) is 0 Å². The van der Waals surface area contributed by atoms with Crippen LogP contribution in [0.15, 0.2) is 73.6 Å². The molecule has 0 bridgehead atoms. The predicted molar refractivity (Wildman–Crippen MR) is 121 cm³/mol. The zero-order chi connectivity index (χ0) is 22.2. The van der Waals surface area contributed by atoms with E-state index in [0.717, 1.165) is 27.8 Å². The summed E-state index contributed by atoms with van der Waals surface area (Å²) in [6, 6.07) is 13.0. The molecule has 158 valence electrons. The molecule has 0 aliphatic rings. The first-order valence-electron chi connectivity index (χ1n) is 9.97. The van der Waals surface area contributed by atoms with E-state index in [1.54, 1.807) is 23.1 Å². The number of aromatic nitrogens is 5. The molecule has 1 N–H and O–H groups in total. The summed E-state index contributed by atoms with van der Waals surface area (Å²) >= 11 is 0. The number of hydrogen-bond acceptors (Lipinski definition) is 4. The van der Waals surface area contributed by atoms with Gasteiger partial charge in [-0.2, -0.15) is 5.10 Å². The molecule has 3 aromatic heterocycles. The lowest BCUT2D eigenvalue weighted by atomic mass is 10.0. The monoisotopic (exact) mass is 426 g/mol. The molecule has 2 aromatic carbocycles. The number of imidazole rings is 1. The molecule has 8 heteroatoms. The van der Waals surface area contributed by atoms with Crippen LogP contribution in [0.4, 0.5) is 10.1 Å². The van der Waals surface area contributed by atoms with Crippen LogP contribution < -0.4 is 5.32 Å². The van der Waals surface area contributed by atoms with Crippen molar-refractivity contribution in [2.24, 2.45) is 7.05 Å². The zero-order valence-electron chi connectivity index (χ0n) is 17.5. The van der Waals surface area contributed by atoms with Crippen molar-refractivity contribution in [1.82, 2.24) is 24.3 Å². The maximum absolute atomic E-state index is 14.4. The largest absolute Gasteiger partial charge is 0.326 e. The minimum absolute atomic E-state index is 0.208. The van der Waals surface area contributed by atoms with Gasteiger partial charge in [0.2, 0.25) is 5.91 Å². The van der Waals surface area contributed by atoms with Crippen LogP contribution in [0.2, 0.25) is 0 Å². The summed E-state index contributed by atoms with van der Waals surface area (Å²) in [5.74, 6) is -0.644. The molecular weight excluding hydrogens is 407 g/mol. The highest BCUT2D eigenvalue weighted by molar-refractivity contribution is 5.91. The van der Waals surface area contributed by atoms with Gasteiger partial charge in [0.25, 0.3) is 0 Å². The smallest absolute Gasteiger partial charge is 0.221 e. The van der Waals surface area contributed by atoms with Gasteiger partial charge in [-0.25, -0.2) is 9.37 Å². The van der Waals surface area contributed by atoms with E-state index in [1.807, 2.05) is 54.3 Å². The number of hydrogen-bond donors (Lipinski definition) is 1. The maximum atomic E-state index is 14.4. The van der Waals surface area contributed by atoms with Gasteiger partial charge >= 0.3 is 0 Å². The predicted octanol–water partition coefficient (Wildman–Crippen LogP) is 4.59. The van der Waals surface area contributed by atoms with Gasteiger partial charge in [0, 0.05) is 48.9 Å². The highest BCUT2D eigenvalue weighted by atomic mass is 19.1. The first-order chi connectivity index (χ1) is 15.5. The van der Waals surface area contributed by atoms with Crippen molar-refractivity contribution in [3.05, 3.63) is 79.4 Å². The lowest BCUT2D eigenvalue weighted by Crippen LogP contribution is -2.07. The second kappa shape index (κ2) is 7.73. The van der Waals surface area contributed by atoms with Crippen LogP contribution in [0, 0.1) is 5.82 Å². The molecule has 1 amide bonds. The fourth-order valence-electron chi connectivity index (χ4n) is 3.76. The second-order valence-corrected chi connectivity index (χ2v) is 7.53. The number of aryl methyl sites for hydroxylation is 1. The highest BCUT2D eigenvalue weighted by Crippen LogP contribution is 2.31. The van der Waals surface area contributed by atoms with Crippen molar-refractivity contribution >= 4 is 22.6 Å². The first-order valence-corrected chi connectivity index (χ1v) is 9.97. The van der Waals surface area contributed by atoms with E-state index in [4.69, 9.17) is 0 Å². The van der Waals surface area contributed by atoms with Gasteiger partial charge in [-0.05, 0) is 47.5 Å². The summed E-state index contributed by atoms with van der Waals surface area (Å²) in [5, 5.41) is 7.02. The number of halogens is 1. The summed E-state index contributed by atoms with van der Waals surface area (Å²) in [5.41, 5.74) is 6.06. The summed E-state index contributed by atoms with van der Waals surface area (Å²) in [7, 11) is 1.88. The highest BCUT2D eigenvalue weighted by Gasteiger charge is 2.13. The number of carbonyl (C=O) groups is 1. The van der Waals surface area contributed by atoms with Gasteiger partial charge in [0.15, 0.2) is 0 Å².